The van der Waals surface area contributed by atoms with E-state index in [1.54, 1.807) is 37.6 Å². The Kier molecular flexibility index (Phi) is 17.9. The molecule has 0 saturated carbocycles. The fourth-order valence-electron chi connectivity index (χ4n) is 8.32. The third-order valence-electron chi connectivity index (χ3n) is 12.0. The minimum absolute atomic E-state index is 0.0378. The summed E-state index contributed by atoms with van der Waals surface area (Å²) < 4.78 is 84.7. The van der Waals surface area contributed by atoms with Crippen molar-refractivity contribution in [3.63, 3.8) is 0 Å². The number of carbonyl (C=O) groups is 4. The molecule has 3 atom stereocenters. The SMILES string of the molecule is C=C1N(c2ccc(C#N)c(C(F)(F)F)c2F)C(=O)C(C)(C)N1c1ccc(OCCOCCOCCOCC(=O)N[C@H](C(=O)N2C[C@H](O)C[C@H]2C(=O)NCc2ccc(-c3scnc3C)cc2)C(C)(C)C)nc1OC. The quantitative estimate of drug-likeness (QED) is 0.0655. The Bertz CT molecular complexity index is 2710. The number of nitrogens with one attached hydrogen (secondary N) is 2. The van der Waals surface area contributed by atoms with Crippen molar-refractivity contribution in [1.82, 2.24) is 25.5 Å². The number of hydrogen-bond donors (Lipinski definition) is 3. The number of likely N-dealkylation sites (tertiary alicyclic amines) is 1. The molecule has 0 aliphatic carbocycles. The van der Waals surface area contributed by atoms with E-state index >= 15 is 4.39 Å². The topological polar surface area (TPSA) is 218 Å². The van der Waals surface area contributed by atoms with Gasteiger partial charge in [-0.15, -0.1) is 11.3 Å². The van der Waals surface area contributed by atoms with Gasteiger partial charge in [0.25, 0.3) is 5.91 Å². The number of nitriles is 1. The molecule has 4 amide bonds. The zero-order chi connectivity index (χ0) is 53.4. The lowest BCUT2D eigenvalue weighted by atomic mass is 9.85. The van der Waals surface area contributed by atoms with E-state index in [4.69, 9.17) is 23.7 Å². The van der Waals surface area contributed by atoms with Gasteiger partial charge in [0.1, 0.15) is 47.9 Å². The molecule has 2 aliphatic heterocycles. The first-order chi connectivity index (χ1) is 34.5. The van der Waals surface area contributed by atoms with Crippen molar-refractivity contribution in [2.24, 2.45) is 5.41 Å². The fourth-order valence-corrected chi connectivity index (χ4v) is 9.13. The molecule has 6 rings (SSSR count). The summed E-state index contributed by atoms with van der Waals surface area (Å²) in [6.07, 6.45) is -6.08. The average Bonchev–Trinajstić information content (AvgIpc) is 4.00. The monoisotopic (exact) mass is 1040 g/mol. The summed E-state index contributed by atoms with van der Waals surface area (Å²) in [6.45, 7) is 14.6. The molecule has 0 unspecified atom stereocenters. The van der Waals surface area contributed by atoms with Crippen LogP contribution in [0.5, 0.6) is 11.8 Å². The van der Waals surface area contributed by atoms with Gasteiger partial charge in [-0.2, -0.15) is 23.4 Å². The second-order valence-corrected chi connectivity index (χ2v) is 19.5. The molecule has 0 bridgehead atoms. The zero-order valence-corrected chi connectivity index (χ0v) is 42.2. The van der Waals surface area contributed by atoms with Gasteiger partial charge in [-0.25, -0.2) is 9.37 Å². The van der Waals surface area contributed by atoms with Crippen LogP contribution in [0.25, 0.3) is 10.4 Å². The summed E-state index contributed by atoms with van der Waals surface area (Å²) in [7, 11) is 1.31. The van der Waals surface area contributed by atoms with Crippen molar-refractivity contribution in [3.05, 3.63) is 94.6 Å². The van der Waals surface area contributed by atoms with Gasteiger partial charge in [0.2, 0.25) is 29.5 Å². The van der Waals surface area contributed by atoms with Crippen LogP contribution in [0, 0.1) is 29.5 Å². The smallest absolute Gasteiger partial charge is 0.420 e. The summed E-state index contributed by atoms with van der Waals surface area (Å²) in [6, 6.07) is 11.8. The third-order valence-corrected chi connectivity index (χ3v) is 13.0. The largest absolute Gasteiger partial charge is 0.479 e. The van der Waals surface area contributed by atoms with Crippen LogP contribution >= 0.6 is 11.3 Å². The van der Waals surface area contributed by atoms with E-state index in [0.717, 1.165) is 33.8 Å². The molecule has 2 saturated heterocycles. The molecule has 2 aromatic heterocycles. The molecular weight excluding hydrogens is 981 g/mol. The fraction of sp³-hybridized carbons (Fsp3) is 0.460. The highest BCUT2D eigenvalue weighted by Crippen LogP contribution is 2.46. The number of benzene rings is 2. The number of aliphatic hydroxyl groups excluding tert-OH is 1. The molecule has 0 spiro atoms. The second-order valence-electron chi connectivity index (χ2n) is 18.6. The summed E-state index contributed by atoms with van der Waals surface area (Å²) in [4.78, 5) is 67.1. The predicted octanol–water partition coefficient (Wildman–Crippen LogP) is 5.89. The van der Waals surface area contributed by atoms with E-state index in [2.05, 4.69) is 27.2 Å². The highest BCUT2D eigenvalue weighted by Gasteiger charge is 2.52. The van der Waals surface area contributed by atoms with Gasteiger partial charge < -0.3 is 49.2 Å². The minimum atomic E-state index is -5.22. The van der Waals surface area contributed by atoms with Crippen LogP contribution in [0.4, 0.5) is 28.9 Å². The zero-order valence-electron chi connectivity index (χ0n) is 41.4. The van der Waals surface area contributed by atoms with E-state index in [9.17, 15) is 42.7 Å². The molecule has 23 heteroatoms. The minimum Gasteiger partial charge on any atom is -0.479 e. The number of β-amino-alcohol motifs (C(OH)–C–C–N with tert-alkyl or cyclic N) is 1. The number of halogens is 4. The molecule has 2 aliphatic rings. The summed E-state index contributed by atoms with van der Waals surface area (Å²) >= 11 is 1.55. The van der Waals surface area contributed by atoms with E-state index in [0.29, 0.717) is 4.90 Å². The second kappa shape index (κ2) is 23.4. The molecule has 3 N–H and O–H groups in total. The lowest BCUT2D eigenvalue weighted by molar-refractivity contribution is -0.144. The van der Waals surface area contributed by atoms with E-state index in [-0.39, 0.29) is 89.0 Å². The highest BCUT2D eigenvalue weighted by molar-refractivity contribution is 7.13. The van der Waals surface area contributed by atoms with Gasteiger partial charge in [0, 0.05) is 25.6 Å². The van der Waals surface area contributed by atoms with Crippen molar-refractivity contribution in [2.45, 2.75) is 84.4 Å². The number of carbonyl (C=O) groups excluding carboxylic acids is 4. The maximum absolute atomic E-state index is 15.5. The molecule has 73 heavy (non-hydrogen) atoms. The first kappa shape index (κ1) is 55.6. The summed E-state index contributed by atoms with van der Waals surface area (Å²) in [5.74, 6) is -4.18. The molecule has 2 fully saturated rings. The number of hydrogen-bond acceptors (Lipinski definition) is 15. The molecule has 392 valence electrons. The van der Waals surface area contributed by atoms with Gasteiger partial charge in [-0.05, 0) is 55.5 Å². The molecule has 0 radical (unpaired) electrons. The van der Waals surface area contributed by atoms with Crippen molar-refractivity contribution in [2.75, 3.05) is 69.7 Å². The van der Waals surface area contributed by atoms with Crippen LogP contribution in [0.2, 0.25) is 0 Å². The number of ether oxygens (including phenoxy) is 5. The molecule has 18 nitrogen and oxygen atoms in total. The third kappa shape index (κ3) is 12.9. The number of aliphatic hydroxyl groups is 1. The summed E-state index contributed by atoms with van der Waals surface area (Å²) in [5.41, 5.74) is -0.943. The standard InChI is InChI=1S/C50H58F4N8O10S/c1-29-42(73-28-57-29)32-11-9-31(10-12-32)25-56-44(65)37-23-34(63)26-60(37)46(66)43(48(3,4)5)58-38(64)27-71-20-19-69-17-18-70-21-22-72-39-16-15-36(45(59-39)68-8)62-30(2)61(47(67)49(62,6)7)35-14-13-33(24-55)40(41(35)51)50(52,53)54/h9-16,28,34,37,43,63H,2,17-23,25-27H2,1,3-8H3,(H,56,65)(H,58,64)/t34-,37+,43-/m1/s1. The molecule has 4 heterocycles. The number of methoxy groups -OCH3 is 1. The number of anilines is 2. The normalized spacial score (nSPS) is 17.2. The average molecular weight is 1040 g/mol. The Balaban J connectivity index is 0.897. The number of aromatic nitrogens is 2. The van der Waals surface area contributed by atoms with Gasteiger partial charge in [0.05, 0.1) is 79.6 Å². The van der Waals surface area contributed by atoms with Crippen molar-refractivity contribution >= 4 is 46.3 Å². The van der Waals surface area contributed by atoms with Crippen LogP contribution in [-0.4, -0.2) is 127 Å². The number of aryl methyl sites for hydroxylation is 1. The number of alkyl halides is 3. The van der Waals surface area contributed by atoms with Crippen molar-refractivity contribution in [3.8, 4) is 28.3 Å². The maximum Gasteiger partial charge on any atom is 0.420 e. The summed E-state index contributed by atoms with van der Waals surface area (Å²) in [5, 5.41) is 25.4. The lowest BCUT2D eigenvalue weighted by Gasteiger charge is -2.35. The van der Waals surface area contributed by atoms with Crippen LogP contribution in [0.15, 0.2) is 66.4 Å². The molecular formula is C50H58F4N8O10S. The van der Waals surface area contributed by atoms with E-state index < -0.39 is 81.6 Å². The van der Waals surface area contributed by atoms with Crippen LogP contribution < -0.4 is 29.9 Å². The number of thiazole rings is 1. The van der Waals surface area contributed by atoms with Gasteiger partial charge in [-0.1, -0.05) is 51.6 Å². The number of rotatable bonds is 21. The predicted molar refractivity (Wildman–Crippen MR) is 260 cm³/mol. The van der Waals surface area contributed by atoms with Crippen LogP contribution in [0.3, 0.4) is 0 Å². The van der Waals surface area contributed by atoms with Crippen molar-refractivity contribution < 1.29 is 65.5 Å². The molecule has 4 aromatic rings. The maximum atomic E-state index is 15.5. The van der Waals surface area contributed by atoms with E-state index in [1.165, 1.54) is 49.0 Å². The van der Waals surface area contributed by atoms with Crippen molar-refractivity contribution in [1.29, 1.82) is 5.26 Å². The Morgan fingerprint density at radius 2 is 1.63 bits per heavy atom. The lowest BCUT2D eigenvalue weighted by Crippen LogP contribution is -2.58. The van der Waals surface area contributed by atoms with Crippen LogP contribution in [-0.2, 0) is 46.1 Å². The van der Waals surface area contributed by atoms with Gasteiger partial charge in [0.15, 0.2) is 5.82 Å². The molecule has 2 aromatic carbocycles. The Morgan fingerprint density at radius 3 is 2.23 bits per heavy atom. The van der Waals surface area contributed by atoms with Gasteiger partial charge >= 0.3 is 6.18 Å². The van der Waals surface area contributed by atoms with Crippen LogP contribution in [0.1, 0.15) is 63.4 Å². The Morgan fingerprint density at radius 1 is 0.986 bits per heavy atom. The number of pyridine rings is 1. The van der Waals surface area contributed by atoms with Gasteiger partial charge in [-0.3, -0.25) is 24.1 Å². The first-order valence-corrected chi connectivity index (χ1v) is 24.0. The van der Waals surface area contributed by atoms with E-state index in [1.807, 2.05) is 31.2 Å². The highest BCUT2D eigenvalue weighted by atomic mass is 32.1. The first-order valence-electron chi connectivity index (χ1n) is 23.1. The Labute approximate surface area is 423 Å². The number of nitrogens with zero attached hydrogens (tertiary/aromatic N) is 6. The Hall–Kier alpha value is -6.71. The number of amides is 4.